The molecular formula is C58H39NO. The van der Waals surface area contributed by atoms with E-state index in [2.05, 4.69) is 241 Å². The Kier molecular flexibility index (Phi) is 8.87. The van der Waals surface area contributed by atoms with E-state index in [4.69, 9.17) is 4.74 Å². The van der Waals surface area contributed by atoms with E-state index in [9.17, 15) is 0 Å². The molecule has 0 spiro atoms. The van der Waals surface area contributed by atoms with Crippen LogP contribution in [0.25, 0.3) is 77.5 Å². The Hall–Kier alpha value is -7.94. The van der Waals surface area contributed by atoms with Gasteiger partial charge >= 0.3 is 0 Å². The minimum absolute atomic E-state index is 0.818. The van der Waals surface area contributed by atoms with Gasteiger partial charge in [-0.3, -0.25) is 0 Å². The molecule has 2 heteroatoms. The van der Waals surface area contributed by atoms with Gasteiger partial charge in [-0.2, -0.15) is 0 Å². The largest absolute Gasteiger partial charge is 0.456 e. The molecule has 0 amide bonds. The lowest BCUT2D eigenvalue weighted by atomic mass is 9.90. The minimum atomic E-state index is 0.818. The maximum Gasteiger partial charge on any atom is 0.137 e. The Labute approximate surface area is 350 Å². The van der Waals surface area contributed by atoms with Crippen molar-refractivity contribution in [2.24, 2.45) is 0 Å². The van der Waals surface area contributed by atoms with Crippen LogP contribution in [0, 0.1) is 0 Å². The van der Waals surface area contributed by atoms with E-state index in [1.54, 1.807) is 0 Å². The molecule has 282 valence electrons. The molecule has 0 radical (unpaired) electrons. The molecule has 60 heavy (non-hydrogen) atoms. The van der Waals surface area contributed by atoms with Crippen LogP contribution in [-0.2, 0) is 0 Å². The van der Waals surface area contributed by atoms with E-state index in [0.717, 1.165) is 61.9 Å². The van der Waals surface area contributed by atoms with Crippen molar-refractivity contribution >= 4 is 27.8 Å². The maximum atomic E-state index is 7.03. The molecule has 1 aliphatic rings. The second-order valence-corrected chi connectivity index (χ2v) is 15.3. The lowest BCUT2D eigenvalue weighted by molar-refractivity contribution is 0.488. The van der Waals surface area contributed by atoms with E-state index >= 15 is 0 Å². The zero-order chi connectivity index (χ0) is 39.8. The average Bonchev–Trinajstić information content (AvgIpc) is 3.45. The van der Waals surface area contributed by atoms with Crippen molar-refractivity contribution in [3.63, 3.8) is 0 Å². The molecule has 0 atom stereocenters. The monoisotopic (exact) mass is 765 g/mol. The Bertz CT molecular complexity index is 3120. The van der Waals surface area contributed by atoms with Gasteiger partial charge in [-0.15, -0.1) is 0 Å². The van der Waals surface area contributed by atoms with Gasteiger partial charge < -0.3 is 9.64 Å². The highest BCUT2D eigenvalue weighted by molar-refractivity contribution is 6.01. The van der Waals surface area contributed by atoms with Crippen LogP contribution in [0.3, 0.4) is 0 Å². The highest BCUT2D eigenvalue weighted by Crippen LogP contribution is 2.51. The van der Waals surface area contributed by atoms with Crippen LogP contribution >= 0.6 is 0 Å². The van der Waals surface area contributed by atoms with Crippen molar-refractivity contribution in [1.82, 2.24) is 0 Å². The van der Waals surface area contributed by atoms with Crippen molar-refractivity contribution in [3.8, 4) is 78.3 Å². The molecule has 11 rings (SSSR count). The third-order valence-corrected chi connectivity index (χ3v) is 11.7. The standard InChI is InChI=1S/C58H39NO/c1-4-12-40(13-5-1)42-20-22-44(23-21-42)45-28-31-51(32-29-45)59(50-18-8-3-9-19-50)52-33-34-53-54-36-47-16-10-11-17-48(47)37-55(54)56-38-49(30-35-57(56)60-58(53)39-52)46-26-24-43(25-27-46)41-14-6-2-7-15-41/h1-39H. The van der Waals surface area contributed by atoms with Gasteiger partial charge in [0.1, 0.15) is 11.5 Å². The van der Waals surface area contributed by atoms with Crippen LogP contribution in [0.2, 0.25) is 0 Å². The van der Waals surface area contributed by atoms with E-state index in [-0.39, 0.29) is 0 Å². The summed E-state index contributed by atoms with van der Waals surface area (Å²) in [6.07, 6.45) is 0. The number of hydrogen-bond donors (Lipinski definition) is 0. The number of anilines is 3. The number of fused-ring (bicyclic) bond motifs is 6. The van der Waals surface area contributed by atoms with Crippen molar-refractivity contribution < 1.29 is 4.74 Å². The molecule has 0 fully saturated rings. The second-order valence-electron chi connectivity index (χ2n) is 15.3. The molecule has 10 aromatic rings. The third kappa shape index (κ3) is 6.61. The molecule has 0 unspecified atom stereocenters. The molecule has 0 bridgehead atoms. The number of ether oxygens (including phenoxy) is 1. The lowest BCUT2D eigenvalue weighted by Crippen LogP contribution is -2.10. The number of benzene rings is 10. The summed E-state index contributed by atoms with van der Waals surface area (Å²) in [7, 11) is 0. The number of rotatable bonds is 7. The molecule has 0 aliphatic carbocycles. The van der Waals surface area contributed by atoms with Crippen LogP contribution in [0.5, 0.6) is 11.5 Å². The van der Waals surface area contributed by atoms with Gasteiger partial charge in [0.25, 0.3) is 0 Å². The van der Waals surface area contributed by atoms with Crippen LogP contribution < -0.4 is 9.64 Å². The summed E-state index contributed by atoms with van der Waals surface area (Å²) >= 11 is 0. The van der Waals surface area contributed by atoms with Gasteiger partial charge in [-0.1, -0.05) is 170 Å². The van der Waals surface area contributed by atoms with Gasteiger partial charge in [0, 0.05) is 34.3 Å². The minimum Gasteiger partial charge on any atom is -0.456 e. The Balaban J connectivity index is 0.985. The second kappa shape index (κ2) is 15.1. The predicted molar refractivity (Wildman–Crippen MR) is 251 cm³/mol. The topological polar surface area (TPSA) is 12.5 Å². The van der Waals surface area contributed by atoms with Crippen LogP contribution in [0.4, 0.5) is 17.1 Å². The third-order valence-electron chi connectivity index (χ3n) is 11.7. The smallest absolute Gasteiger partial charge is 0.137 e. The average molecular weight is 766 g/mol. The van der Waals surface area contributed by atoms with Crippen molar-refractivity contribution in [2.75, 3.05) is 4.90 Å². The summed E-state index contributed by atoms with van der Waals surface area (Å²) < 4.78 is 7.03. The Morgan fingerprint density at radius 2 is 0.633 bits per heavy atom. The molecule has 1 aliphatic heterocycles. The normalized spacial score (nSPS) is 11.5. The molecule has 0 N–H and O–H groups in total. The lowest BCUT2D eigenvalue weighted by Gasteiger charge is -2.26. The van der Waals surface area contributed by atoms with Gasteiger partial charge in [0.15, 0.2) is 0 Å². The number of nitrogens with zero attached hydrogens (tertiary/aromatic N) is 1. The molecule has 1 heterocycles. The van der Waals surface area contributed by atoms with Gasteiger partial charge in [-0.25, -0.2) is 0 Å². The van der Waals surface area contributed by atoms with Gasteiger partial charge in [0.2, 0.25) is 0 Å². The SMILES string of the molecule is c1ccc(-c2ccc(-c3ccc(N(c4ccccc4)c4ccc5c(c4)Oc4ccc(-c6ccc(-c7ccccc7)cc6)cc4-c4cc6ccccc6cc4-5)cc3)cc2)cc1. The predicted octanol–water partition coefficient (Wildman–Crippen LogP) is 16.4. The first-order valence-corrected chi connectivity index (χ1v) is 20.5. The first-order chi connectivity index (χ1) is 29.7. The molecule has 10 aromatic carbocycles. The van der Waals surface area contributed by atoms with Crippen LogP contribution in [-0.4, -0.2) is 0 Å². The van der Waals surface area contributed by atoms with E-state index in [1.165, 1.54) is 44.2 Å². The summed E-state index contributed by atoms with van der Waals surface area (Å²) in [4.78, 5) is 2.31. The highest BCUT2D eigenvalue weighted by Gasteiger charge is 2.24. The van der Waals surface area contributed by atoms with Crippen molar-refractivity contribution in [2.45, 2.75) is 0 Å². The first kappa shape index (κ1) is 35.2. The first-order valence-electron chi connectivity index (χ1n) is 20.5. The molecule has 0 saturated carbocycles. The quantitative estimate of drug-likeness (QED) is 0.160. The Morgan fingerprint density at radius 1 is 0.233 bits per heavy atom. The molecular weight excluding hydrogens is 727 g/mol. The molecule has 2 nitrogen and oxygen atoms in total. The van der Waals surface area contributed by atoms with E-state index in [0.29, 0.717) is 0 Å². The molecule has 0 saturated heterocycles. The zero-order valence-electron chi connectivity index (χ0n) is 32.9. The van der Waals surface area contributed by atoms with Gasteiger partial charge in [-0.05, 0) is 127 Å². The van der Waals surface area contributed by atoms with Gasteiger partial charge in [0.05, 0.1) is 0 Å². The van der Waals surface area contributed by atoms with Crippen LogP contribution in [0.15, 0.2) is 237 Å². The fourth-order valence-corrected chi connectivity index (χ4v) is 8.57. The van der Waals surface area contributed by atoms with E-state index in [1.807, 2.05) is 0 Å². The van der Waals surface area contributed by atoms with Crippen molar-refractivity contribution in [1.29, 1.82) is 0 Å². The maximum absolute atomic E-state index is 7.03. The number of hydrogen-bond acceptors (Lipinski definition) is 2. The summed E-state index contributed by atoms with van der Waals surface area (Å²) in [5.74, 6) is 1.65. The Morgan fingerprint density at radius 3 is 1.18 bits per heavy atom. The summed E-state index contributed by atoms with van der Waals surface area (Å²) in [6.45, 7) is 0. The molecule has 0 aromatic heterocycles. The van der Waals surface area contributed by atoms with E-state index < -0.39 is 0 Å². The highest BCUT2D eigenvalue weighted by atomic mass is 16.5. The zero-order valence-corrected chi connectivity index (χ0v) is 32.9. The summed E-state index contributed by atoms with van der Waals surface area (Å²) in [6, 6.07) is 84.7. The fraction of sp³-hybridized carbons (Fsp3) is 0. The van der Waals surface area contributed by atoms with Crippen LogP contribution in [0.1, 0.15) is 0 Å². The summed E-state index contributed by atoms with van der Waals surface area (Å²) in [5.41, 5.74) is 17.1. The summed E-state index contributed by atoms with van der Waals surface area (Å²) in [5, 5.41) is 2.40. The fourth-order valence-electron chi connectivity index (χ4n) is 8.57. The van der Waals surface area contributed by atoms with Crippen molar-refractivity contribution in [3.05, 3.63) is 237 Å². The number of para-hydroxylation sites is 1.